The van der Waals surface area contributed by atoms with Gasteiger partial charge in [-0.25, -0.2) is 4.39 Å². The number of hydrogen-bond donors (Lipinski definition) is 1. The van der Waals surface area contributed by atoms with Crippen molar-refractivity contribution in [3.05, 3.63) is 64.0 Å². The van der Waals surface area contributed by atoms with E-state index < -0.39 is 10.8 Å². The standard InChI is InChI=1S/C15H13FN2O4/c1-10(19)17-14-6-5-13(8-15(14)18(20)21)22-9-11-3-2-4-12(16)7-11/h2-8H,9H2,1H3,(H,17,19). The number of carbonyl (C=O) groups is 1. The first kappa shape index (κ1) is 15.4. The summed E-state index contributed by atoms with van der Waals surface area (Å²) in [6, 6.07) is 9.97. The summed E-state index contributed by atoms with van der Waals surface area (Å²) in [6.45, 7) is 1.34. The molecule has 0 atom stereocenters. The molecule has 7 heteroatoms. The summed E-state index contributed by atoms with van der Waals surface area (Å²) in [5.74, 6) is -0.533. The third-order valence-electron chi connectivity index (χ3n) is 2.77. The maximum atomic E-state index is 13.1. The van der Waals surface area contributed by atoms with Crippen LogP contribution < -0.4 is 10.1 Å². The third-order valence-corrected chi connectivity index (χ3v) is 2.77. The Morgan fingerprint density at radius 1 is 1.32 bits per heavy atom. The number of nitrogens with zero attached hydrogens (tertiary/aromatic N) is 1. The van der Waals surface area contributed by atoms with Crippen LogP contribution in [0.5, 0.6) is 5.75 Å². The zero-order valence-electron chi connectivity index (χ0n) is 11.7. The van der Waals surface area contributed by atoms with Crippen molar-refractivity contribution in [1.29, 1.82) is 0 Å². The van der Waals surface area contributed by atoms with Crippen molar-refractivity contribution in [3.8, 4) is 5.75 Å². The Hall–Kier alpha value is -2.96. The fraction of sp³-hybridized carbons (Fsp3) is 0.133. The number of halogens is 1. The lowest BCUT2D eigenvalue weighted by atomic mass is 10.2. The van der Waals surface area contributed by atoms with Crippen molar-refractivity contribution in [2.75, 3.05) is 5.32 Å². The minimum atomic E-state index is -0.611. The number of nitrogens with one attached hydrogen (secondary N) is 1. The molecule has 0 aliphatic heterocycles. The van der Waals surface area contributed by atoms with Gasteiger partial charge in [0.2, 0.25) is 5.91 Å². The molecule has 0 aliphatic rings. The first-order valence-corrected chi connectivity index (χ1v) is 6.39. The highest BCUT2D eigenvalue weighted by atomic mass is 19.1. The maximum Gasteiger partial charge on any atom is 0.296 e. The van der Waals surface area contributed by atoms with Crippen LogP contribution in [0.25, 0.3) is 0 Å². The van der Waals surface area contributed by atoms with E-state index in [1.54, 1.807) is 12.1 Å². The van der Waals surface area contributed by atoms with Crippen molar-refractivity contribution < 1.29 is 18.8 Å². The second-order valence-corrected chi connectivity index (χ2v) is 4.54. The van der Waals surface area contributed by atoms with Crippen LogP contribution in [0.15, 0.2) is 42.5 Å². The molecule has 1 N–H and O–H groups in total. The third kappa shape index (κ3) is 4.02. The highest BCUT2D eigenvalue weighted by Gasteiger charge is 2.16. The van der Waals surface area contributed by atoms with Crippen LogP contribution in [0.3, 0.4) is 0 Å². The lowest BCUT2D eigenvalue weighted by Crippen LogP contribution is -2.08. The van der Waals surface area contributed by atoms with Crippen molar-refractivity contribution in [2.24, 2.45) is 0 Å². The summed E-state index contributed by atoms with van der Waals surface area (Å²) in [7, 11) is 0. The van der Waals surface area contributed by atoms with Crippen LogP contribution in [0, 0.1) is 15.9 Å². The predicted octanol–water partition coefficient (Wildman–Crippen LogP) is 3.27. The quantitative estimate of drug-likeness (QED) is 0.679. The van der Waals surface area contributed by atoms with Crippen molar-refractivity contribution in [1.82, 2.24) is 0 Å². The summed E-state index contributed by atoms with van der Waals surface area (Å²) >= 11 is 0. The molecule has 0 bridgehead atoms. The number of amides is 1. The summed E-state index contributed by atoms with van der Waals surface area (Å²) in [4.78, 5) is 21.4. The molecule has 2 rings (SSSR count). The Balaban J connectivity index is 2.16. The van der Waals surface area contributed by atoms with E-state index in [9.17, 15) is 19.3 Å². The van der Waals surface area contributed by atoms with Crippen LogP contribution in [-0.2, 0) is 11.4 Å². The largest absolute Gasteiger partial charge is 0.489 e. The summed E-state index contributed by atoms with van der Waals surface area (Å²) in [5, 5.41) is 13.4. The molecular weight excluding hydrogens is 291 g/mol. The second kappa shape index (κ2) is 6.66. The van der Waals surface area contributed by atoms with Gasteiger partial charge in [-0.1, -0.05) is 12.1 Å². The molecular formula is C15H13FN2O4. The fourth-order valence-corrected chi connectivity index (χ4v) is 1.84. The number of hydrogen-bond acceptors (Lipinski definition) is 4. The molecule has 0 radical (unpaired) electrons. The van der Waals surface area contributed by atoms with E-state index in [0.717, 1.165) is 0 Å². The molecule has 0 spiro atoms. The monoisotopic (exact) mass is 304 g/mol. The Kier molecular flexibility index (Phi) is 4.67. The molecule has 22 heavy (non-hydrogen) atoms. The second-order valence-electron chi connectivity index (χ2n) is 4.54. The van der Waals surface area contributed by atoms with Gasteiger partial charge in [-0.15, -0.1) is 0 Å². The smallest absolute Gasteiger partial charge is 0.296 e. The van der Waals surface area contributed by atoms with E-state index in [2.05, 4.69) is 5.32 Å². The van der Waals surface area contributed by atoms with Gasteiger partial charge in [-0.3, -0.25) is 14.9 Å². The summed E-state index contributed by atoms with van der Waals surface area (Å²) < 4.78 is 18.5. The van der Waals surface area contributed by atoms with Gasteiger partial charge < -0.3 is 10.1 Å². The van der Waals surface area contributed by atoms with Crippen molar-refractivity contribution in [3.63, 3.8) is 0 Å². The number of nitro benzene ring substituents is 1. The average molecular weight is 304 g/mol. The molecule has 0 aliphatic carbocycles. The molecule has 0 saturated heterocycles. The van der Waals surface area contributed by atoms with Crippen LogP contribution in [0.4, 0.5) is 15.8 Å². The zero-order valence-corrected chi connectivity index (χ0v) is 11.7. The SMILES string of the molecule is CC(=O)Nc1ccc(OCc2cccc(F)c2)cc1[N+](=O)[O-]. The van der Waals surface area contributed by atoms with Crippen molar-refractivity contribution in [2.45, 2.75) is 13.5 Å². The van der Waals surface area contributed by atoms with Gasteiger partial charge in [-0.2, -0.15) is 0 Å². The molecule has 0 heterocycles. The highest BCUT2D eigenvalue weighted by molar-refractivity contribution is 5.91. The summed E-state index contributed by atoms with van der Waals surface area (Å²) in [5.41, 5.74) is 0.427. The van der Waals surface area contributed by atoms with Crippen LogP contribution in [0.1, 0.15) is 12.5 Å². The lowest BCUT2D eigenvalue weighted by molar-refractivity contribution is -0.384. The van der Waals surface area contributed by atoms with E-state index in [1.165, 1.54) is 37.3 Å². The molecule has 2 aromatic carbocycles. The van der Waals surface area contributed by atoms with Crippen LogP contribution in [0.2, 0.25) is 0 Å². The molecule has 0 aromatic heterocycles. The average Bonchev–Trinajstić information content (AvgIpc) is 2.45. The molecule has 0 unspecified atom stereocenters. The normalized spacial score (nSPS) is 10.1. The number of ether oxygens (including phenoxy) is 1. The first-order valence-electron chi connectivity index (χ1n) is 6.39. The Morgan fingerprint density at radius 2 is 2.09 bits per heavy atom. The zero-order chi connectivity index (χ0) is 16.1. The van der Waals surface area contributed by atoms with Crippen LogP contribution >= 0.6 is 0 Å². The van der Waals surface area contributed by atoms with E-state index in [-0.39, 0.29) is 29.5 Å². The summed E-state index contributed by atoms with van der Waals surface area (Å²) in [6.07, 6.45) is 0. The predicted molar refractivity (Wildman–Crippen MR) is 78.1 cm³/mol. The topological polar surface area (TPSA) is 81.5 Å². The number of benzene rings is 2. The van der Waals surface area contributed by atoms with Crippen LogP contribution in [-0.4, -0.2) is 10.8 Å². The van der Waals surface area contributed by atoms with Crippen molar-refractivity contribution >= 4 is 17.3 Å². The van der Waals surface area contributed by atoms with E-state index in [0.29, 0.717) is 5.56 Å². The number of nitro groups is 1. The molecule has 0 fully saturated rings. The van der Waals surface area contributed by atoms with E-state index in [4.69, 9.17) is 4.74 Å². The molecule has 114 valence electrons. The minimum absolute atomic E-state index is 0.0778. The first-order chi connectivity index (χ1) is 10.5. The molecule has 6 nitrogen and oxygen atoms in total. The van der Waals surface area contributed by atoms with Gasteiger partial charge in [0, 0.05) is 6.92 Å². The lowest BCUT2D eigenvalue weighted by Gasteiger charge is -2.08. The van der Waals surface area contributed by atoms with Gasteiger partial charge in [0.1, 0.15) is 23.9 Å². The Labute approximate surface area is 125 Å². The van der Waals surface area contributed by atoms with Gasteiger partial charge in [0.05, 0.1) is 11.0 Å². The fourth-order valence-electron chi connectivity index (χ4n) is 1.84. The van der Waals surface area contributed by atoms with Gasteiger partial charge >= 0.3 is 0 Å². The molecule has 1 amide bonds. The minimum Gasteiger partial charge on any atom is -0.489 e. The molecule has 0 saturated carbocycles. The number of anilines is 1. The van der Waals surface area contributed by atoms with Gasteiger partial charge in [0.25, 0.3) is 5.69 Å². The Bertz CT molecular complexity index is 718. The molecule has 2 aromatic rings. The highest BCUT2D eigenvalue weighted by Crippen LogP contribution is 2.29. The number of carbonyl (C=O) groups excluding carboxylic acids is 1. The Morgan fingerprint density at radius 3 is 2.73 bits per heavy atom. The maximum absolute atomic E-state index is 13.1. The van der Waals surface area contributed by atoms with Gasteiger partial charge in [-0.05, 0) is 29.8 Å². The number of rotatable bonds is 5. The van der Waals surface area contributed by atoms with E-state index >= 15 is 0 Å². The van der Waals surface area contributed by atoms with E-state index in [1.807, 2.05) is 0 Å². The van der Waals surface area contributed by atoms with Gasteiger partial charge in [0.15, 0.2) is 0 Å².